The average molecular weight is 390 g/mol. The number of hydrogen-bond donors (Lipinski definition) is 4. The molecule has 5 N–H and O–H groups in total. The lowest BCUT2D eigenvalue weighted by atomic mass is 10.1. The first-order chi connectivity index (χ1) is 14.1. The maximum atomic E-state index is 9.59. The van der Waals surface area contributed by atoms with E-state index >= 15 is 0 Å². The Morgan fingerprint density at radius 2 is 1.83 bits per heavy atom. The van der Waals surface area contributed by atoms with Crippen LogP contribution in [0.5, 0.6) is 5.75 Å². The van der Waals surface area contributed by atoms with Crippen LogP contribution in [-0.4, -0.2) is 47.6 Å². The third kappa shape index (κ3) is 4.27. The molecule has 0 atom stereocenters. The molecule has 1 saturated heterocycles. The van der Waals surface area contributed by atoms with E-state index in [4.69, 9.17) is 20.9 Å². The van der Waals surface area contributed by atoms with Crippen LogP contribution in [0.15, 0.2) is 48.5 Å². The number of nitrogen functional groups attached to an aromatic ring is 1. The predicted molar refractivity (Wildman–Crippen MR) is 114 cm³/mol. The zero-order valence-corrected chi connectivity index (χ0v) is 15.8. The van der Waals surface area contributed by atoms with Crippen molar-refractivity contribution in [2.75, 3.05) is 42.3 Å². The molecule has 4 rings (SSSR count). The van der Waals surface area contributed by atoms with Crippen molar-refractivity contribution in [1.29, 1.82) is 5.41 Å². The normalized spacial score (nSPS) is 13.9. The Kier molecular flexibility index (Phi) is 5.26. The van der Waals surface area contributed by atoms with E-state index in [0.717, 1.165) is 30.0 Å². The fraction of sp³-hybridized carbons (Fsp3) is 0.190. The second-order valence-corrected chi connectivity index (χ2v) is 6.70. The largest absolute Gasteiger partial charge is 0.508 e. The van der Waals surface area contributed by atoms with Crippen molar-refractivity contribution in [3.63, 3.8) is 0 Å². The Labute approximate surface area is 168 Å². The summed E-state index contributed by atoms with van der Waals surface area (Å²) in [7, 11) is 0. The van der Waals surface area contributed by atoms with Crippen LogP contribution in [0.2, 0.25) is 0 Å². The number of nitrogens with two attached hydrogens (primary N) is 1. The number of ether oxygens (including phenoxy) is 1. The monoisotopic (exact) mass is 390 g/mol. The van der Waals surface area contributed by atoms with E-state index in [1.807, 2.05) is 24.3 Å². The summed E-state index contributed by atoms with van der Waals surface area (Å²) < 4.78 is 5.44. The van der Waals surface area contributed by atoms with Gasteiger partial charge in [0.1, 0.15) is 11.6 Å². The van der Waals surface area contributed by atoms with Gasteiger partial charge >= 0.3 is 0 Å². The van der Waals surface area contributed by atoms with Crippen molar-refractivity contribution in [3.05, 3.63) is 54.1 Å². The van der Waals surface area contributed by atoms with Crippen LogP contribution in [-0.2, 0) is 4.74 Å². The quantitative estimate of drug-likeness (QED) is 0.390. The topological polar surface area (TPSA) is 120 Å². The summed E-state index contributed by atoms with van der Waals surface area (Å²) >= 11 is 0. The molecular formula is C21H22N6O2. The summed E-state index contributed by atoms with van der Waals surface area (Å²) in [6, 6.07) is 14.2. The minimum atomic E-state index is 0.204. The van der Waals surface area contributed by atoms with Gasteiger partial charge in [-0.1, -0.05) is 0 Å². The molecule has 0 unspecified atom stereocenters. The van der Waals surface area contributed by atoms with Gasteiger partial charge in [0.25, 0.3) is 0 Å². The standard InChI is InChI=1S/C21H22N6O2/c22-13-15-11-16(3-6-18(15)23)24-20-12-19(14-1-4-17(28)5-2-14)25-21(26-20)27-7-9-29-10-8-27/h1-6,11-13,22,28H,7-10,23H2,(H,24,25,26). The molecule has 0 saturated carbocycles. The first-order valence-electron chi connectivity index (χ1n) is 9.30. The smallest absolute Gasteiger partial charge is 0.228 e. The summed E-state index contributed by atoms with van der Waals surface area (Å²) in [5, 5.41) is 20.4. The number of aromatic hydroxyl groups is 1. The molecule has 0 spiro atoms. The number of rotatable bonds is 5. The molecule has 2 aromatic carbocycles. The molecule has 2 heterocycles. The van der Waals surface area contributed by atoms with Crippen LogP contribution in [0, 0.1) is 5.41 Å². The fourth-order valence-corrected chi connectivity index (χ4v) is 3.11. The first-order valence-corrected chi connectivity index (χ1v) is 9.30. The van der Waals surface area contributed by atoms with Crippen molar-refractivity contribution in [3.8, 4) is 17.0 Å². The Balaban J connectivity index is 1.72. The third-order valence-corrected chi connectivity index (χ3v) is 4.69. The van der Waals surface area contributed by atoms with E-state index in [9.17, 15) is 5.11 Å². The van der Waals surface area contributed by atoms with Crippen molar-refractivity contribution in [2.24, 2.45) is 0 Å². The molecule has 0 radical (unpaired) electrons. The van der Waals surface area contributed by atoms with Gasteiger partial charge in [0, 0.05) is 47.9 Å². The van der Waals surface area contributed by atoms with E-state index in [-0.39, 0.29) is 5.75 Å². The Morgan fingerprint density at radius 1 is 1.07 bits per heavy atom. The molecule has 29 heavy (non-hydrogen) atoms. The zero-order valence-electron chi connectivity index (χ0n) is 15.8. The molecule has 0 amide bonds. The molecule has 3 aromatic rings. The maximum Gasteiger partial charge on any atom is 0.228 e. The summed E-state index contributed by atoms with van der Waals surface area (Å²) in [5.41, 5.74) is 9.46. The lowest BCUT2D eigenvalue weighted by Crippen LogP contribution is -2.37. The van der Waals surface area contributed by atoms with Crippen molar-refractivity contribution < 1.29 is 9.84 Å². The molecule has 8 nitrogen and oxygen atoms in total. The Morgan fingerprint density at radius 3 is 2.55 bits per heavy atom. The number of hydrogen-bond acceptors (Lipinski definition) is 8. The van der Waals surface area contributed by atoms with E-state index in [0.29, 0.717) is 36.2 Å². The molecule has 8 heteroatoms. The average Bonchev–Trinajstić information content (AvgIpc) is 2.76. The minimum absolute atomic E-state index is 0.204. The van der Waals surface area contributed by atoms with E-state index in [1.165, 1.54) is 6.21 Å². The Hall–Kier alpha value is -3.65. The molecule has 1 fully saturated rings. The Bertz CT molecular complexity index is 1020. The zero-order chi connectivity index (χ0) is 20.2. The third-order valence-electron chi connectivity index (χ3n) is 4.69. The van der Waals surface area contributed by atoms with E-state index < -0.39 is 0 Å². The van der Waals surface area contributed by atoms with Gasteiger partial charge < -0.3 is 31.2 Å². The second kappa shape index (κ2) is 8.15. The lowest BCUT2D eigenvalue weighted by molar-refractivity contribution is 0.122. The van der Waals surface area contributed by atoms with Crippen LogP contribution in [0.4, 0.5) is 23.1 Å². The van der Waals surface area contributed by atoms with Crippen LogP contribution in [0.3, 0.4) is 0 Å². The number of phenols is 1. The second-order valence-electron chi connectivity index (χ2n) is 6.70. The van der Waals surface area contributed by atoms with E-state index in [2.05, 4.69) is 15.2 Å². The SMILES string of the molecule is N=Cc1cc(Nc2cc(-c3ccc(O)cc3)nc(N3CCOCC3)n2)ccc1N. The first kappa shape index (κ1) is 18.7. The summed E-state index contributed by atoms with van der Waals surface area (Å²) in [6.45, 7) is 2.71. The van der Waals surface area contributed by atoms with Crippen LogP contribution < -0.4 is 16.0 Å². The highest BCUT2D eigenvalue weighted by Crippen LogP contribution is 2.27. The molecule has 0 aliphatic carbocycles. The van der Waals surface area contributed by atoms with Gasteiger partial charge in [0.2, 0.25) is 5.95 Å². The fourth-order valence-electron chi connectivity index (χ4n) is 3.11. The van der Waals surface area contributed by atoms with Gasteiger partial charge in [-0.3, -0.25) is 0 Å². The van der Waals surface area contributed by atoms with Gasteiger partial charge in [-0.05, 0) is 42.5 Å². The van der Waals surface area contributed by atoms with Gasteiger partial charge in [0.05, 0.1) is 18.9 Å². The van der Waals surface area contributed by atoms with Crippen LogP contribution in [0.25, 0.3) is 11.3 Å². The van der Waals surface area contributed by atoms with Crippen molar-refractivity contribution >= 4 is 29.4 Å². The van der Waals surface area contributed by atoms with Gasteiger partial charge in [-0.15, -0.1) is 0 Å². The molecule has 0 bridgehead atoms. The predicted octanol–water partition coefficient (Wildman–Crippen LogP) is 3.01. The van der Waals surface area contributed by atoms with Crippen LogP contribution >= 0.6 is 0 Å². The number of morpholine rings is 1. The number of benzene rings is 2. The highest BCUT2D eigenvalue weighted by Gasteiger charge is 2.16. The van der Waals surface area contributed by atoms with Crippen LogP contribution in [0.1, 0.15) is 5.56 Å². The highest BCUT2D eigenvalue weighted by molar-refractivity contribution is 5.87. The van der Waals surface area contributed by atoms with E-state index in [1.54, 1.807) is 24.3 Å². The number of nitrogens with one attached hydrogen (secondary N) is 2. The summed E-state index contributed by atoms with van der Waals surface area (Å²) in [6.07, 6.45) is 1.22. The highest BCUT2D eigenvalue weighted by atomic mass is 16.5. The number of nitrogens with zero attached hydrogens (tertiary/aromatic N) is 3. The summed E-state index contributed by atoms with van der Waals surface area (Å²) in [5.74, 6) is 1.45. The summed E-state index contributed by atoms with van der Waals surface area (Å²) in [4.78, 5) is 11.5. The van der Waals surface area contributed by atoms with Gasteiger partial charge in [-0.2, -0.15) is 4.98 Å². The van der Waals surface area contributed by atoms with Crippen molar-refractivity contribution in [2.45, 2.75) is 0 Å². The molecule has 1 aliphatic heterocycles. The molecule has 1 aromatic heterocycles. The number of phenolic OH excluding ortho intramolecular Hbond substituents is 1. The van der Waals surface area contributed by atoms with Crippen molar-refractivity contribution in [1.82, 2.24) is 9.97 Å². The molecular weight excluding hydrogens is 368 g/mol. The maximum absolute atomic E-state index is 9.59. The molecule has 1 aliphatic rings. The van der Waals surface area contributed by atoms with Gasteiger partial charge in [-0.25, -0.2) is 4.98 Å². The number of anilines is 4. The lowest BCUT2D eigenvalue weighted by Gasteiger charge is -2.27. The minimum Gasteiger partial charge on any atom is -0.508 e. The van der Waals surface area contributed by atoms with Gasteiger partial charge in [0.15, 0.2) is 0 Å². The molecule has 148 valence electrons. The number of aromatic nitrogens is 2.